The van der Waals surface area contributed by atoms with Crippen molar-refractivity contribution in [3.05, 3.63) is 24.3 Å². The van der Waals surface area contributed by atoms with Crippen molar-refractivity contribution >= 4 is 29.3 Å². The van der Waals surface area contributed by atoms with Gasteiger partial charge in [-0.15, -0.1) is 11.8 Å². The summed E-state index contributed by atoms with van der Waals surface area (Å²) in [6, 6.07) is 7.40. The molecule has 2 rings (SSSR count). The van der Waals surface area contributed by atoms with Crippen molar-refractivity contribution in [3.8, 4) is 0 Å². The Balaban J connectivity index is 2.11. The summed E-state index contributed by atoms with van der Waals surface area (Å²) in [6.07, 6.45) is 5.33. The molecule has 4 nitrogen and oxygen atoms in total. The number of hydrogen-bond acceptors (Lipinski definition) is 3. The highest BCUT2D eigenvalue weighted by molar-refractivity contribution is 8.01. The van der Waals surface area contributed by atoms with Crippen LogP contribution in [0.1, 0.15) is 46.0 Å². The third kappa shape index (κ3) is 4.26. The van der Waals surface area contributed by atoms with Gasteiger partial charge in [-0.2, -0.15) is 0 Å². The molecular formula is C17H23NO3S. The largest absolute Gasteiger partial charge is 0.480 e. The van der Waals surface area contributed by atoms with E-state index in [0.29, 0.717) is 5.69 Å². The monoisotopic (exact) mass is 321 g/mol. The van der Waals surface area contributed by atoms with Crippen molar-refractivity contribution in [2.75, 3.05) is 5.32 Å². The lowest BCUT2D eigenvalue weighted by Gasteiger charge is -2.23. The lowest BCUT2D eigenvalue weighted by Crippen LogP contribution is -2.28. The van der Waals surface area contributed by atoms with Gasteiger partial charge in [0.1, 0.15) is 4.75 Å². The summed E-state index contributed by atoms with van der Waals surface area (Å²) in [7, 11) is 0. The standard InChI is InChI=1S/C17H23NO3S/c1-17(2,16(20)21)22-14-11-7-6-10-13(14)18-15(19)12-8-4-3-5-9-12/h6-7,10-12H,3-5,8-9H2,1-2H3,(H,18,19)(H,20,21). The van der Waals surface area contributed by atoms with Crippen LogP contribution in [0.2, 0.25) is 0 Å². The van der Waals surface area contributed by atoms with Crippen molar-refractivity contribution in [2.45, 2.75) is 55.6 Å². The molecule has 2 N–H and O–H groups in total. The predicted molar refractivity (Wildman–Crippen MR) is 89.2 cm³/mol. The molecule has 1 saturated carbocycles. The number of hydrogen-bond donors (Lipinski definition) is 2. The van der Waals surface area contributed by atoms with E-state index in [1.54, 1.807) is 13.8 Å². The number of carbonyl (C=O) groups excluding carboxylic acids is 1. The molecule has 1 amide bonds. The van der Waals surface area contributed by atoms with Gasteiger partial charge < -0.3 is 10.4 Å². The van der Waals surface area contributed by atoms with Crippen LogP contribution in [0.25, 0.3) is 0 Å². The fourth-order valence-corrected chi connectivity index (χ4v) is 3.59. The second-order valence-electron chi connectivity index (χ2n) is 6.24. The molecule has 120 valence electrons. The minimum Gasteiger partial charge on any atom is -0.480 e. The average molecular weight is 321 g/mol. The minimum atomic E-state index is -0.939. The number of rotatable bonds is 5. The molecule has 1 aromatic rings. The molecule has 0 spiro atoms. The van der Waals surface area contributed by atoms with Crippen LogP contribution in [-0.2, 0) is 9.59 Å². The molecule has 1 aromatic carbocycles. The first-order chi connectivity index (χ1) is 10.4. The van der Waals surface area contributed by atoms with E-state index in [0.717, 1.165) is 30.6 Å². The van der Waals surface area contributed by atoms with E-state index in [1.807, 2.05) is 24.3 Å². The molecule has 0 heterocycles. The number of amides is 1. The maximum Gasteiger partial charge on any atom is 0.319 e. The number of benzene rings is 1. The second-order valence-corrected chi connectivity index (χ2v) is 7.90. The van der Waals surface area contributed by atoms with Gasteiger partial charge in [0.25, 0.3) is 0 Å². The third-order valence-electron chi connectivity index (χ3n) is 4.00. The molecule has 0 aromatic heterocycles. The summed E-state index contributed by atoms with van der Waals surface area (Å²) in [5, 5.41) is 12.3. The summed E-state index contributed by atoms with van der Waals surface area (Å²) in [5.74, 6) is -0.730. The zero-order valence-electron chi connectivity index (χ0n) is 13.1. The first-order valence-electron chi connectivity index (χ1n) is 7.72. The molecular weight excluding hydrogens is 298 g/mol. The highest BCUT2D eigenvalue weighted by Gasteiger charge is 2.30. The average Bonchev–Trinajstić information content (AvgIpc) is 2.49. The van der Waals surface area contributed by atoms with Gasteiger partial charge in [0.2, 0.25) is 5.91 Å². The SMILES string of the molecule is CC(C)(Sc1ccccc1NC(=O)C1CCCCC1)C(=O)O. The molecule has 22 heavy (non-hydrogen) atoms. The van der Waals surface area contributed by atoms with Crippen molar-refractivity contribution in [2.24, 2.45) is 5.92 Å². The molecule has 1 aliphatic carbocycles. The Hall–Kier alpha value is -1.49. The Morgan fingerprint density at radius 2 is 1.82 bits per heavy atom. The maximum absolute atomic E-state index is 12.4. The quantitative estimate of drug-likeness (QED) is 0.799. The smallest absolute Gasteiger partial charge is 0.319 e. The molecule has 1 aliphatic rings. The minimum absolute atomic E-state index is 0.0564. The number of nitrogens with one attached hydrogen (secondary N) is 1. The Labute approximate surface area is 135 Å². The van der Waals surface area contributed by atoms with E-state index >= 15 is 0 Å². The van der Waals surface area contributed by atoms with Crippen LogP contribution in [0.3, 0.4) is 0 Å². The van der Waals surface area contributed by atoms with E-state index in [-0.39, 0.29) is 11.8 Å². The number of thioether (sulfide) groups is 1. The zero-order chi connectivity index (χ0) is 16.2. The predicted octanol–water partition coefficient (Wildman–Crippen LogP) is 4.16. The number of para-hydroxylation sites is 1. The topological polar surface area (TPSA) is 66.4 Å². The summed E-state index contributed by atoms with van der Waals surface area (Å²) in [4.78, 5) is 24.5. The van der Waals surface area contributed by atoms with Crippen molar-refractivity contribution in [3.63, 3.8) is 0 Å². The molecule has 0 unspecified atom stereocenters. The molecule has 0 radical (unpaired) electrons. The van der Waals surface area contributed by atoms with Crippen molar-refractivity contribution < 1.29 is 14.7 Å². The molecule has 0 aliphatic heterocycles. The van der Waals surface area contributed by atoms with Crippen LogP contribution in [-0.4, -0.2) is 21.7 Å². The second kappa shape index (κ2) is 7.18. The summed E-state index contributed by atoms with van der Waals surface area (Å²) >= 11 is 1.25. The molecule has 0 saturated heterocycles. The van der Waals surface area contributed by atoms with Crippen molar-refractivity contribution in [1.29, 1.82) is 0 Å². The number of carbonyl (C=O) groups is 2. The Kier molecular flexibility index (Phi) is 5.51. The van der Waals surface area contributed by atoms with E-state index < -0.39 is 10.7 Å². The van der Waals surface area contributed by atoms with Crippen LogP contribution < -0.4 is 5.32 Å². The van der Waals surface area contributed by atoms with Gasteiger partial charge in [0.05, 0.1) is 5.69 Å². The van der Waals surface area contributed by atoms with Gasteiger partial charge in [0, 0.05) is 10.8 Å². The summed E-state index contributed by atoms with van der Waals surface area (Å²) in [5.41, 5.74) is 0.706. The molecule has 0 atom stereocenters. The fourth-order valence-electron chi connectivity index (χ4n) is 2.58. The molecule has 0 bridgehead atoms. The van der Waals surface area contributed by atoms with Gasteiger partial charge in [0.15, 0.2) is 0 Å². The van der Waals surface area contributed by atoms with Crippen LogP contribution in [0.15, 0.2) is 29.2 Å². The Morgan fingerprint density at radius 1 is 1.18 bits per heavy atom. The Morgan fingerprint density at radius 3 is 2.45 bits per heavy atom. The lowest BCUT2D eigenvalue weighted by atomic mass is 9.88. The van der Waals surface area contributed by atoms with E-state index in [4.69, 9.17) is 0 Å². The lowest BCUT2D eigenvalue weighted by molar-refractivity contribution is -0.138. The number of anilines is 1. The van der Waals surface area contributed by atoms with Crippen molar-refractivity contribution in [1.82, 2.24) is 0 Å². The highest BCUT2D eigenvalue weighted by Crippen LogP contribution is 2.37. The Bertz CT molecular complexity index is 551. The van der Waals surface area contributed by atoms with E-state index in [2.05, 4.69) is 5.32 Å². The first kappa shape index (κ1) is 16.9. The van der Waals surface area contributed by atoms with Crippen LogP contribution in [0, 0.1) is 5.92 Å². The first-order valence-corrected chi connectivity index (χ1v) is 8.54. The van der Waals surface area contributed by atoms with Crippen LogP contribution in [0.5, 0.6) is 0 Å². The van der Waals surface area contributed by atoms with Crippen LogP contribution in [0.4, 0.5) is 5.69 Å². The third-order valence-corrected chi connectivity index (χ3v) is 5.26. The number of aliphatic carboxylic acids is 1. The zero-order valence-corrected chi connectivity index (χ0v) is 13.9. The summed E-state index contributed by atoms with van der Waals surface area (Å²) < 4.78 is -0.939. The van der Waals surface area contributed by atoms with Gasteiger partial charge in [-0.25, -0.2) is 0 Å². The van der Waals surface area contributed by atoms with Gasteiger partial charge >= 0.3 is 5.97 Å². The van der Waals surface area contributed by atoms with E-state index in [9.17, 15) is 14.7 Å². The van der Waals surface area contributed by atoms with Crippen LogP contribution >= 0.6 is 11.8 Å². The molecule has 1 fully saturated rings. The summed E-state index contributed by atoms with van der Waals surface area (Å²) in [6.45, 7) is 3.33. The number of carboxylic acid groups (broad SMARTS) is 1. The van der Waals surface area contributed by atoms with E-state index in [1.165, 1.54) is 18.2 Å². The normalized spacial score (nSPS) is 16.3. The molecule has 5 heteroatoms. The van der Waals surface area contributed by atoms with Gasteiger partial charge in [-0.3, -0.25) is 9.59 Å². The van der Waals surface area contributed by atoms with Gasteiger partial charge in [-0.05, 0) is 38.8 Å². The van der Waals surface area contributed by atoms with Gasteiger partial charge in [-0.1, -0.05) is 31.4 Å². The fraction of sp³-hybridized carbons (Fsp3) is 0.529. The highest BCUT2D eigenvalue weighted by atomic mass is 32.2. The maximum atomic E-state index is 12.4. The number of carboxylic acids is 1.